The minimum Gasteiger partial charge on any atom is -0.399 e. The van der Waals surface area contributed by atoms with Crippen LogP contribution in [0.3, 0.4) is 0 Å². The summed E-state index contributed by atoms with van der Waals surface area (Å²) in [6, 6.07) is 25.0. The lowest BCUT2D eigenvalue weighted by molar-refractivity contribution is 0.881. The molecule has 3 heteroatoms. The molecule has 0 saturated heterocycles. The minimum absolute atomic E-state index is 0.841. The molecule has 0 aromatic heterocycles. The Morgan fingerprint density at radius 3 is 2.22 bits per heavy atom. The van der Waals surface area contributed by atoms with E-state index in [2.05, 4.69) is 58.7 Å². The first-order valence-corrected chi connectivity index (χ1v) is 7.82. The van der Waals surface area contributed by atoms with Gasteiger partial charge in [-0.15, -0.1) is 0 Å². The van der Waals surface area contributed by atoms with Crippen molar-refractivity contribution in [3.63, 3.8) is 0 Å². The molecule has 0 spiro atoms. The molecule has 0 bridgehead atoms. The predicted molar refractivity (Wildman–Crippen MR) is 96.9 cm³/mol. The molecule has 3 aromatic rings. The van der Waals surface area contributed by atoms with Crippen LogP contribution in [0.1, 0.15) is 11.1 Å². The van der Waals surface area contributed by atoms with Gasteiger partial charge in [0.15, 0.2) is 0 Å². The van der Waals surface area contributed by atoms with Crippen LogP contribution in [-0.2, 0) is 13.1 Å². The van der Waals surface area contributed by atoms with Crippen molar-refractivity contribution in [1.29, 1.82) is 0 Å². The highest BCUT2D eigenvalue weighted by Gasteiger charge is 2.19. The van der Waals surface area contributed by atoms with Gasteiger partial charge in [-0.25, -0.2) is 0 Å². The standard InChI is InChI=1S/C20H19N3/c21-17-7-6-15-13-23(14-16(15)12-17)20-10-8-19(9-11-20)22-18-4-2-1-3-5-18/h1-12,22H,13-14,21H2. The number of nitrogens with two attached hydrogens (primary N) is 1. The average Bonchev–Trinajstić information content (AvgIpc) is 2.99. The third-order valence-corrected chi connectivity index (χ3v) is 4.25. The predicted octanol–water partition coefficient (Wildman–Crippen LogP) is 4.53. The summed E-state index contributed by atoms with van der Waals surface area (Å²) < 4.78 is 0. The largest absolute Gasteiger partial charge is 0.399 e. The van der Waals surface area contributed by atoms with Crippen molar-refractivity contribution in [2.24, 2.45) is 0 Å². The fourth-order valence-corrected chi connectivity index (χ4v) is 3.04. The van der Waals surface area contributed by atoms with Crippen molar-refractivity contribution < 1.29 is 0 Å². The average molecular weight is 301 g/mol. The Balaban J connectivity index is 1.49. The van der Waals surface area contributed by atoms with E-state index in [0.717, 1.165) is 30.2 Å². The fourth-order valence-electron chi connectivity index (χ4n) is 3.04. The summed E-state index contributed by atoms with van der Waals surface area (Å²) >= 11 is 0. The maximum Gasteiger partial charge on any atom is 0.0437 e. The van der Waals surface area contributed by atoms with Crippen LogP contribution < -0.4 is 16.0 Å². The monoisotopic (exact) mass is 301 g/mol. The van der Waals surface area contributed by atoms with Gasteiger partial charge in [0.2, 0.25) is 0 Å². The molecule has 114 valence electrons. The van der Waals surface area contributed by atoms with Crippen molar-refractivity contribution in [2.45, 2.75) is 13.1 Å². The van der Waals surface area contributed by atoms with Crippen LogP contribution in [-0.4, -0.2) is 0 Å². The lowest BCUT2D eigenvalue weighted by Crippen LogP contribution is -2.14. The lowest BCUT2D eigenvalue weighted by atomic mass is 10.1. The lowest BCUT2D eigenvalue weighted by Gasteiger charge is -2.18. The van der Waals surface area contributed by atoms with E-state index in [4.69, 9.17) is 5.73 Å². The van der Waals surface area contributed by atoms with Crippen LogP contribution in [0, 0.1) is 0 Å². The van der Waals surface area contributed by atoms with Crippen LogP contribution >= 0.6 is 0 Å². The van der Waals surface area contributed by atoms with E-state index >= 15 is 0 Å². The van der Waals surface area contributed by atoms with Crippen molar-refractivity contribution in [1.82, 2.24) is 0 Å². The number of nitrogens with zero attached hydrogens (tertiary/aromatic N) is 1. The van der Waals surface area contributed by atoms with Gasteiger partial charge in [0.1, 0.15) is 0 Å². The summed E-state index contributed by atoms with van der Waals surface area (Å²) in [7, 11) is 0. The molecular weight excluding hydrogens is 282 g/mol. The molecule has 1 aliphatic rings. The highest BCUT2D eigenvalue weighted by atomic mass is 15.1. The molecule has 1 heterocycles. The van der Waals surface area contributed by atoms with E-state index < -0.39 is 0 Å². The van der Waals surface area contributed by atoms with Crippen LogP contribution in [0.5, 0.6) is 0 Å². The molecule has 0 aliphatic carbocycles. The number of fused-ring (bicyclic) bond motifs is 1. The topological polar surface area (TPSA) is 41.3 Å². The highest BCUT2D eigenvalue weighted by molar-refractivity contribution is 5.64. The fraction of sp³-hybridized carbons (Fsp3) is 0.100. The number of para-hydroxylation sites is 1. The Labute approximate surface area is 136 Å². The number of anilines is 4. The smallest absolute Gasteiger partial charge is 0.0437 e. The van der Waals surface area contributed by atoms with E-state index in [0.29, 0.717) is 0 Å². The zero-order chi connectivity index (χ0) is 15.6. The van der Waals surface area contributed by atoms with E-state index in [1.807, 2.05) is 24.3 Å². The quantitative estimate of drug-likeness (QED) is 0.698. The van der Waals surface area contributed by atoms with E-state index in [9.17, 15) is 0 Å². The molecule has 0 saturated carbocycles. The molecule has 3 N–H and O–H groups in total. The minimum atomic E-state index is 0.841. The zero-order valence-corrected chi connectivity index (χ0v) is 12.9. The first kappa shape index (κ1) is 13.7. The first-order valence-electron chi connectivity index (χ1n) is 7.82. The maximum absolute atomic E-state index is 5.88. The van der Waals surface area contributed by atoms with Crippen molar-refractivity contribution >= 4 is 22.7 Å². The number of hydrogen-bond acceptors (Lipinski definition) is 3. The van der Waals surface area contributed by atoms with E-state index in [1.54, 1.807) is 0 Å². The number of hydrogen-bond donors (Lipinski definition) is 2. The Kier molecular flexibility index (Phi) is 3.39. The van der Waals surface area contributed by atoms with Gasteiger partial charge in [-0.1, -0.05) is 24.3 Å². The normalized spacial score (nSPS) is 13.0. The van der Waals surface area contributed by atoms with Crippen molar-refractivity contribution in [3.05, 3.63) is 83.9 Å². The van der Waals surface area contributed by atoms with Crippen LogP contribution in [0.4, 0.5) is 22.7 Å². The number of rotatable bonds is 3. The SMILES string of the molecule is Nc1ccc2c(c1)CN(c1ccc(Nc3ccccc3)cc1)C2. The number of nitrogens with one attached hydrogen (secondary N) is 1. The molecule has 3 nitrogen and oxygen atoms in total. The molecule has 0 atom stereocenters. The molecule has 1 aliphatic heterocycles. The van der Waals surface area contributed by atoms with Crippen LogP contribution in [0.15, 0.2) is 72.8 Å². The Bertz CT molecular complexity index is 810. The molecule has 0 amide bonds. The molecule has 0 fully saturated rings. The number of nitrogen functional groups attached to an aromatic ring is 1. The second-order valence-electron chi connectivity index (χ2n) is 5.92. The summed E-state index contributed by atoms with van der Waals surface area (Å²) in [5.74, 6) is 0. The van der Waals surface area contributed by atoms with Gasteiger partial charge >= 0.3 is 0 Å². The molecule has 0 unspecified atom stereocenters. The molecule has 23 heavy (non-hydrogen) atoms. The summed E-state index contributed by atoms with van der Waals surface area (Å²) in [6.07, 6.45) is 0. The van der Waals surface area contributed by atoms with E-state index in [1.165, 1.54) is 16.8 Å². The van der Waals surface area contributed by atoms with Gasteiger partial charge in [-0.3, -0.25) is 0 Å². The third-order valence-electron chi connectivity index (χ3n) is 4.25. The van der Waals surface area contributed by atoms with Gasteiger partial charge in [0.25, 0.3) is 0 Å². The van der Waals surface area contributed by atoms with Gasteiger partial charge in [0.05, 0.1) is 0 Å². The summed E-state index contributed by atoms with van der Waals surface area (Å²) in [5.41, 5.74) is 12.9. The highest BCUT2D eigenvalue weighted by Crippen LogP contribution is 2.30. The molecular formula is C20H19N3. The Morgan fingerprint density at radius 1 is 0.739 bits per heavy atom. The van der Waals surface area contributed by atoms with Crippen molar-refractivity contribution in [3.8, 4) is 0 Å². The van der Waals surface area contributed by atoms with Crippen LogP contribution in [0.2, 0.25) is 0 Å². The third kappa shape index (κ3) is 2.86. The van der Waals surface area contributed by atoms with Gasteiger partial charge in [-0.2, -0.15) is 0 Å². The molecule has 3 aromatic carbocycles. The first-order chi connectivity index (χ1) is 11.3. The molecule has 4 rings (SSSR count). The molecule has 0 radical (unpaired) electrons. The van der Waals surface area contributed by atoms with Gasteiger partial charge in [0, 0.05) is 35.8 Å². The Morgan fingerprint density at radius 2 is 1.43 bits per heavy atom. The van der Waals surface area contributed by atoms with Crippen molar-refractivity contribution in [2.75, 3.05) is 16.0 Å². The number of benzene rings is 3. The Hall–Kier alpha value is -2.94. The summed E-state index contributed by atoms with van der Waals surface area (Å²) in [4.78, 5) is 2.37. The van der Waals surface area contributed by atoms with Gasteiger partial charge in [-0.05, 0) is 59.7 Å². The van der Waals surface area contributed by atoms with E-state index in [-0.39, 0.29) is 0 Å². The second kappa shape index (κ2) is 5.69. The van der Waals surface area contributed by atoms with Gasteiger partial charge < -0.3 is 16.0 Å². The summed E-state index contributed by atoms with van der Waals surface area (Å²) in [5, 5.41) is 3.41. The van der Waals surface area contributed by atoms with Crippen LogP contribution in [0.25, 0.3) is 0 Å². The maximum atomic E-state index is 5.88. The zero-order valence-electron chi connectivity index (χ0n) is 12.9. The second-order valence-corrected chi connectivity index (χ2v) is 5.92. The summed E-state index contributed by atoms with van der Waals surface area (Å²) in [6.45, 7) is 1.87.